The van der Waals surface area contributed by atoms with Crippen LogP contribution in [0.4, 0.5) is 11.4 Å². The highest BCUT2D eigenvalue weighted by Gasteiger charge is 2.52. The molecule has 0 aliphatic carbocycles. The van der Waals surface area contributed by atoms with Crippen molar-refractivity contribution >= 4 is 29.0 Å². The molecular formula is C16H22N2OS. The summed E-state index contributed by atoms with van der Waals surface area (Å²) in [7, 11) is 0. The molecule has 1 aromatic carbocycles. The fraction of sp³-hybridized carbons (Fsp3) is 0.562. The van der Waals surface area contributed by atoms with Crippen LogP contribution in [0.15, 0.2) is 18.2 Å². The number of nitrogens with zero attached hydrogens (tertiary/aromatic N) is 1. The second kappa shape index (κ2) is 4.17. The van der Waals surface area contributed by atoms with E-state index in [9.17, 15) is 4.79 Å². The monoisotopic (exact) mass is 290 g/mol. The minimum atomic E-state index is -0.175. The van der Waals surface area contributed by atoms with Gasteiger partial charge in [0.1, 0.15) is 0 Å². The summed E-state index contributed by atoms with van der Waals surface area (Å²) in [6, 6.07) is 6.32. The van der Waals surface area contributed by atoms with Crippen LogP contribution >= 0.6 is 11.8 Å². The number of amides is 1. The molecule has 2 aliphatic heterocycles. The molecule has 2 unspecified atom stereocenters. The zero-order chi connectivity index (χ0) is 14.7. The summed E-state index contributed by atoms with van der Waals surface area (Å²) in [5.41, 5.74) is 3.24. The lowest BCUT2D eigenvalue weighted by Crippen LogP contribution is -2.46. The van der Waals surface area contributed by atoms with Gasteiger partial charge in [-0.25, -0.2) is 0 Å². The molecular weight excluding hydrogens is 268 g/mol. The van der Waals surface area contributed by atoms with Gasteiger partial charge in [-0.05, 0) is 52.3 Å². The maximum atomic E-state index is 12.7. The molecule has 1 aromatic rings. The largest absolute Gasteiger partial charge is 0.378 e. The maximum absolute atomic E-state index is 12.7. The quantitative estimate of drug-likeness (QED) is 0.789. The van der Waals surface area contributed by atoms with Gasteiger partial charge in [-0.1, -0.05) is 6.07 Å². The molecule has 108 valence electrons. The summed E-state index contributed by atoms with van der Waals surface area (Å²) in [6.07, 6.45) is 0.925. The van der Waals surface area contributed by atoms with Gasteiger partial charge in [0.25, 0.3) is 0 Å². The number of hydrogen-bond donors (Lipinski definition) is 1. The first-order chi connectivity index (χ1) is 9.22. The van der Waals surface area contributed by atoms with Gasteiger partial charge in [0.05, 0.1) is 21.5 Å². The van der Waals surface area contributed by atoms with Crippen LogP contribution in [-0.4, -0.2) is 21.6 Å². The molecule has 4 heteroatoms. The predicted octanol–water partition coefficient (Wildman–Crippen LogP) is 3.77. The third-order valence-electron chi connectivity index (χ3n) is 4.11. The molecule has 3 rings (SSSR count). The lowest BCUT2D eigenvalue weighted by molar-refractivity contribution is -0.117. The van der Waals surface area contributed by atoms with E-state index < -0.39 is 0 Å². The molecule has 1 amide bonds. The van der Waals surface area contributed by atoms with Gasteiger partial charge in [0, 0.05) is 12.0 Å². The molecule has 2 atom stereocenters. The Balaban J connectivity index is 2.22. The maximum Gasteiger partial charge on any atom is 0.241 e. The van der Waals surface area contributed by atoms with Crippen LogP contribution in [0.25, 0.3) is 0 Å². The number of benzene rings is 1. The number of nitrogens with one attached hydrogen (secondary N) is 1. The highest BCUT2D eigenvalue weighted by atomic mass is 32.2. The molecule has 0 aromatic heterocycles. The molecule has 3 nitrogen and oxygen atoms in total. The first kappa shape index (κ1) is 13.8. The van der Waals surface area contributed by atoms with Crippen molar-refractivity contribution in [2.45, 2.75) is 56.7 Å². The lowest BCUT2D eigenvalue weighted by atomic mass is 9.95. The van der Waals surface area contributed by atoms with E-state index in [1.54, 1.807) is 11.8 Å². The van der Waals surface area contributed by atoms with Crippen molar-refractivity contribution < 1.29 is 4.79 Å². The van der Waals surface area contributed by atoms with Gasteiger partial charge < -0.3 is 5.32 Å². The third kappa shape index (κ3) is 2.01. The summed E-state index contributed by atoms with van der Waals surface area (Å²) < 4.78 is 0. The van der Waals surface area contributed by atoms with Crippen molar-refractivity contribution in [2.24, 2.45) is 0 Å². The van der Waals surface area contributed by atoms with Crippen molar-refractivity contribution in [3.05, 3.63) is 23.8 Å². The van der Waals surface area contributed by atoms with E-state index in [4.69, 9.17) is 0 Å². The number of fused-ring (bicyclic) bond motifs is 3. The van der Waals surface area contributed by atoms with Crippen LogP contribution in [-0.2, 0) is 4.79 Å². The van der Waals surface area contributed by atoms with Crippen LogP contribution in [0.5, 0.6) is 0 Å². The number of hydrogen-bond acceptors (Lipinski definition) is 3. The Bertz CT molecular complexity index is 584. The first-order valence-electron chi connectivity index (χ1n) is 7.13. The number of carbonyl (C=O) groups is 1. The summed E-state index contributed by atoms with van der Waals surface area (Å²) in [4.78, 5) is 14.5. The fourth-order valence-electron chi connectivity index (χ4n) is 3.55. The Morgan fingerprint density at radius 1 is 1.35 bits per heavy atom. The second-order valence-electron chi connectivity index (χ2n) is 6.82. The molecule has 0 saturated carbocycles. The standard InChI is InChI=1S/C16H22N2OS/c1-10-6-7-12-13(8-10)18-14(19)11(2)20-16(18,5)9-15(3,4)17-12/h6-8,11,17H,9H2,1-5H3. The number of thioether (sulfide) groups is 1. The topological polar surface area (TPSA) is 32.3 Å². The minimum Gasteiger partial charge on any atom is -0.378 e. The number of anilines is 2. The number of rotatable bonds is 0. The average Bonchev–Trinajstić information content (AvgIpc) is 2.46. The summed E-state index contributed by atoms with van der Waals surface area (Å²) >= 11 is 1.78. The summed E-state index contributed by atoms with van der Waals surface area (Å²) in [5, 5.41) is 3.64. The van der Waals surface area contributed by atoms with E-state index in [2.05, 4.69) is 51.2 Å². The van der Waals surface area contributed by atoms with Gasteiger partial charge in [0.2, 0.25) is 5.91 Å². The number of aryl methyl sites for hydroxylation is 1. The van der Waals surface area contributed by atoms with Crippen molar-refractivity contribution in [1.82, 2.24) is 0 Å². The highest BCUT2D eigenvalue weighted by Crippen LogP contribution is 2.52. The van der Waals surface area contributed by atoms with Crippen LogP contribution in [0.2, 0.25) is 0 Å². The molecule has 1 N–H and O–H groups in total. The van der Waals surface area contributed by atoms with Crippen LogP contribution in [0, 0.1) is 6.92 Å². The molecule has 0 spiro atoms. The fourth-order valence-corrected chi connectivity index (χ4v) is 5.26. The Hall–Kier alpha value is -1.16. The van der Waals surface area contributed by atoms with E-state index in [0.717, 1.165) is 17.8 Å². The van der Waals surface area contributed by atoms with Crippen molar-refractivity contribution in [3.8, 4) is 0 Å². The van der Waals surface area contributed by atoms with E-state index in [0.29, 0.717) is 0 Å². The van der Waals surface area contributed by atoms with E-state index in [1.165, 1.54) is 5.56 Å². The molecule has 1 fully saturated rings. The van der Waals surface area contributed by atoms with E-state index in [-0.39, 0.29) is 21.6 Å². The molecule has 20 heavy (non-hydrogen) atoms. The van der Waals surface area contributed by atoms with E-state index in [1.807, 2.05) is 11.8 Å². The van der Waals surface area contributed by atoms with Gasteiger partial charge in [-0.2, -0.15) is 0 Å². The smallest absolute Gasteiger partial charge is 0.241 e. The molecule has 0 bridgehead atoms. The van der Waals surface area contributed by atoms with Crippen LogP contribution < -0.4 is 10.2 Å². The highest BCUT2D eigenvalue weighted by molar-refractivity contribution is 8.02. The summed E-state index contributed by atoms with van der Waals surface area (Å²) in [6.45, 7) is 10.7. The average molecular weight is 290 g/mol. The SMILES string of the molecule is Cc1ccc2c(c1)N1C(=O)C(C)SC1(C)CC(C)(C)N2. The molecule has 2 aliphatic rings. The Morgan fingerprint density at radius 3 is 2.75 bits per heavy atom. The van der Waals surface area contributed by atoms with Crippen molar-refractivity contribution in [2.75, 3.05) is 10.2 Å². The summed E-state index contributed by atoms with van der Waals surface area (Å²) in [5.74, 6) is 0.226. The minimum absolute atomic E-state index is 0.0299. The Morgan fingerprint density at radius 2 is 2.05 bits per heavy atom. The predicted molar refractivity (Wildman–Crippen MR) is 86.4 cm³/mol. The van der Waals surface area contributed by atoms with Gasteiger partial charge in [-0.15, -0.1) is 11.8 Å². The Labute approximate surface area is 125 Å². The van der Waals surface area contributed by atoms with Crippen LogP contribution in [0.1, 0.15) is 39.7 Å². The Kier molecular flexibility index (Phi) is 2.88. The van der Waals surface area contributed by atoms with Gasteiger partial charge >= 0.3 is 0 Å². The number of carbonyl (C=O) groups excluding carboxylic acids is 1. The van der Waals surface area contributed by atoms with Crippen molar-refractivity contribution in [1.29, 1.82) is 0 Å². The lowest BCUT2D eigenvalue weighted by Gasteiger charge is -2.36. The van der Waals surface area contributed by atoms with Gasteiger partial charge in [0.15, 0.2) is 0 Å². The van der Waals surface area contributed by atoms with Crippen molar-refractivity contribution in [3.63, 3.8) is 0 Å². The zero-order valence-corrected chi connectivity index (χ0v) is 13.6. The van der Waals surface area contributed by atoms with Gasteiger partial charge in [-0.3, -0.25) is 9.69 Å². The van der Waals surface area contributed by atoms with E-state index >= 15 is 0 Å². The normalized spacial score (nSPS) is 31.4. The zero-order valence-electron chi connectivity index (χ0n) is 12.8. The molecule has 2 heterocycles. The first-order valence-corrected chi connectivity index (χ1v) is 8.01. The second-order valence-corrected chi connectivity index (χ2v) is 8.64. The molecule has 0 radical (unpaired) electrons. The molecule has 1 saturated heterocycles. The third-order valence-corrected chi connectivity index (χ3v) is 5.50. The van der Waals surface area contributed by atoms with Crippen LogP contribution in [0.3, 0.4) is 0 Å².